The smallest absolute Gasteiger partial charge is 0.253 e. The summed E-state index contributed by atoms with van der Waals surface area (Å²) in [6.07, 6.45) is 0. The summed E-state index contributed by atoms with van der Waals surface area (Å²) in [5, 5.41) is -1.09. The second-order valence-electron chi connectivity index (χ2n) is 2.36. The van der Waals surface area contributed by atoms with Crippen molar-refractivity contribution < 1.29 is 9.59 Å². The maximum atomic E-state index is 10.9. The summed E-state index contributed by atoms with van der Waals surface area (Å²) < 4.78 is 0.409. The quantitative estimate of drug-likeness (QED) is 0.593. The zero-order valence-corrected chi connectivity index (χ0v) is 10.9. The summed E-state index contributed by atoms with van der Waals surface area (Å²) in [7, 11) is 0. The molecule has 0 N–H and O–H groups in total. The molecule has 0 saturated carbocycles. The van der Waals surface area contributed by atoms with E-state index >= 15 is 0 Å². The second-order valence-corrected chi connectivity index (χ2v) is 4.56. The van der Waals surface area contributed by atoms with E-state index in [2.05, 4.69) is 0 Å². The maximum Gasteiger partial charge on any atom is 0.253 e. The van der Waals surface area contributed by atoms with E-state index in [1.54, 1.807) is 0 Å². The first kappa shape index (κ1) is 12.2. The highest BCUT2D eigenvalue weighted by Crippen LogP contribution is 2.25. The number of hydrogen-bond acceptors (Lipinski definition) is 2. The topological polar surface area (TPSA) is 34.1 Å². The van der Waals surface area contributed by atoms with Crippen LogP contribution in [0.3, 0.4) is 0 Å². The first-order chi connectivity index (χ1) is 6.43. The Morgan fingerprint density at radius 2 is 1.43 bits per heavy atom. The standard InChI is InChI=1S/C8H2Cl3IO2/c9-3-1-4(7(10)13)6(12)5(2-3)8(11)14/h1-2H. The van der Waals surface area contributed by atoms with Crippen molar-refractivity contribution in [3.05, 3.63) is 31.9 Å². The van der Waals surface area contributed by atoms with E-state index in [1.165, 1.54) is 12.1 Å². The van der Waals surface area contributed by atoms with Gasteiger partial charge in [0.2, 0.25) is 0 Å². The van der Waals surface area contributed by atoms with E-state index in [4.69, 9.17) is 34.8 Å². The van der Waals surface area contributed by atoms with Crippen LogP contribution < -0.4 is 0 Å². The van der Waals surface area contributed by atoms with Gasteiger partial charge in [0, 0.05) is 19.7 Å². The van der Waals surface area contributed by atoms with Crippen LogP contribution >= 0.6 is 57.4 Å². The molecule has 2 nitrogen and oxygen atoms in total. The first-order valence-electron chi connectivity index (χ1n) is 3.32. The number of hydrogen-bond donors (Lipinski definition) is 0. The van der Waals surface area contributed by atoms with E-state index in [1.807, 2.05) is 22.6 Å². The monoisotopic (exact) mass is 362 g/mol. The highest BCUT2D eigenvalue weighted by atomic mass is 127. The molecule has 0 aliphatic carbocycles. The van der Waals surface area contributed by atoms with E-state index < -0.39 is 10.5 Å². The summed E-state index contributed by atoms with van der Waals surface area (Å²) in [5.74, 6) is 0. The Kier molecular flexibility index (Phi) is 4.18. The van der Waals surface area contributed by atoms with E-state index in [-0.39, 0.29) is 16.1 Å². The van der Waals surface area contributed by atoms with Gasteiger partial charge in [-0.1, -0.05) is 11.6 Å². The Bertz CT molecular complexity index is 382. The van der Waals surface area contributed by atoms with Crippen LogP contribution in [0.15, 0.2) is 12.1 Å². The van der Waals surface area contributed by atoms with Gasteiger partial charge in [-0.2, -0.15) is 0 Å². The van der Waals surface area contributed by atoms with Crippen LogP contribution in [0.5, 0.6) is 0 Å². The zero-order valence-electron chi connectivity index (χ0n) is 6.48. The average Bonchev–Trinajstić information content (AvgIpc) is 2.07. The molecule has 0 aliphatic heterocycles. The van der Waals surface area contributed by atoms with Crippen LogP contribution in [0, 0.1) is 3.57 Å². The van der Waals surface area contributed by atoms with Gasteiger partial charge in [-0.3, -0.25) is 9.59 Å². The molecule has 0 atom stereocenters. The van der Waals surface area contributed by atoms with Gasteiger partial charge in [-0.15, -0.1) is 0 Å². The van der Waals surface area contributed by atoms with Crippen molar-refractivity contribution in [2.45, 2.75) is 0 Å². The van der Waals surface area contributed by atoms with Gasteiger partial charge < -0.3 is 0 Å². The van der Waals surface area contributed by atoms with Crippen LogP contribution in [-0.4, -0.2) is 10.5 Å². The molecule has 0 aliphatic rings. The largest absolute Gasteiger partial charge is 0.276 e. The lowest BCUT2D eigenvalue weighted by Crippen LogP contribution is -2.01. The second kappa shape index (κ2) is 4.79. The molecule has 1 rings (SSSR count). The molecule has 0 bridgehead atoms. The Labute approximate surface area is 109 Å². The molecule has 0 spiro atoms. The van der Waals surface area contributed by atoms with Gasteiger partial charge in [-0.05, 0) is 57.9 Å². The van der Waals surface area contributed by atoms with Gasteiger partial charge in [-0.25, -0.2) is 0 Å². The summed E-state index contributed by atoms with van der Waals surface area (Å²) in [4.78, 5) is 21.9. The minimum atomic E-state index is -0.670. The molecule has 14 heavy (non-hydrogen) atoms. The SMILES string of the molecule is O=C(Cl)c1cc(Cl)cc(C(=O)Cl)c1I. The fraction of sp³-hybridized carbons (Fsp3) is 0. The third kappa shape index (κ3) is 2.59. The van der Waals surface area contributed by atoms with Crippen molar-refractivity contribution in [3.8, 4) is 0 Å². The summed E-state index contributed by atoms with van der Waals surface area (Å²) in [6.45, 7) is 0. The molecule has 74 valence electrons. The number of halogens is 4. The van der Waals surface area contributed by atoms with Crippen molar-refractivity contribution in [2.24, 2.45) is 0 Å². The lowest BCUT2D eigenvalue weighted by Gasteiger charge is -2.04. The fourth-order valence-corrected chi connectivity index (χ4v) is 2.51. The normalized spacial score (nSPS) is 10.0. The Morgan fingerprint density at radius 1 is 1.07 bits per heavy atom. The molecule has 6 heteroatoms. The van der Waals surface area contributed by atoms with Crippen molar-refractivity contribution in [1.29, 1.82) is 0 Å². The number of carbonyl (C=O) groups is 2. The fourth-order valence-electron chi connectivity index (χ4n) is 0.875. The predicted octanol–water partition coefficient (Wildman–Crippen LogP) is 3.70. The first-order valence-corrected chi connectivity index (χ1v) is 5.53. The third-order valence-corrected chi connectivity index (χ3v) is 3.25. The molecular weight excluding hydrogens is 361 g/mol. The van der Waals surface area contributed by atoms with Gasteiger partial charge in [0.15, 0.2) is 0 Å². The van der Waals surface area contributed by atoms with Gasteiger partial charge >= 0.3 is 0 Å². The van der Waals surface area contributed by atoms with Crippen molar-refractivity contribution >= 4 is 67.9 Å². The van der Waals surface area contributed by atoms with Gasteiger partial charge in [0.05, 0.1) is 0 Å². The average molecular weight is 363 g/mol. The molecule has 1 aromatic carbocycles. The van der Waals surface area contributed by atoms with E-state index in [0.29, 0.717) is 3.57 Å². The van der Waals surface area contributed by atoms with Crippen LogP contribution in [0.4, 0.5) is 0 Å². The Balaban J connectivity index is 3.47. The molecular formula is C8H2Cl3IO2. The van der Waals surface area contributed by atoms with Gasteiger partial charge in [0.25, 0.3) is 10.5 Å². The van der Waals surface area contributed by atoms with Crippen LogP contribution in [-0.2, 0) is 0 Å². The highest BCUT2D eigenvalue weighted by Gasteiger charge is 2.16. The minimum absolute atomic E-state index is 0.184. The number of benzene rings is 1. The minimum Gasteiger partial charge on any atom is -0.276 e. The van der Waals surface area contributed by atoms with E-state index in [0.717, 1.165) is 0 Å². The molecule has 0 unspecified atom stereocenters. The Morgan fingerprint density at radius 3 is 1.71 bits per heavy atom. The van der Waals surface area contributed by atoms with Crippen LogP contribution in [0.25, 0.3) is 0 Å². The third-order valence-electron chi connectivity index (χ3n) is 1.46. The van der Waals surface area contributed by atoms with Crippen LogP contribution in [0.2, 0.25) is 5.02 Å². The molecule has 0 radical (unpaired) electrons. The lowest BCUT2D eigenvalue weighted by molar-refractivity contribution is 0.108. The molecule has 0 aromatic heterocycles. The van der Waals surface area contributed by atoms with Crippen molar-refractivity contribution in [2.75, 3.05) is 0 Å². The lowest BCUT2D eigenvalue weighted by atomic mass is 10.1. The van der Waals surface area contributed by atoms with E-state index in [9.17, 15) is 9.59 Å². The molecule has 0 saturated heterocycles. The molecule has 0 heterocycles. The zero-order chi connectivity index (χ0) is 10.9. The molecule has 0 fully saturated rings. The highest BCUT2D eigenvalue weighted by molar-refractivity contribution is 14.1. The predicted molar refractivity (Wildman–Crippen MR) is 64.5 cm³/mol. The summed E-state index contributed by atoms with van der Waals surface area (Å²) in [5.41, 5.74) is 0.368. The molecule has 0 amide bonds. The van der Waals surface area contributed by atoms with Crippen molar-refractivity contribution in [1.82, 2.24) is 0 Å². The Hall–Kier alpha value is 0.160. The van der Waals surface area contributed by atoms with Crippen LogP contribution in [0.1, 0.15) is 20.7 Å². The number of rotatable bonds is 2. The maximum absolute atomic E-state index is 10.9. The molecule has 1 aromatic rings. The number of carbonyl (C=O) groups excluding carboxylic acids is 2. The summed E-state index contributed by atoms with van der Waals surface area (Å²) in [6, 6.07) is 2.78. The summed E-state index contributed by atoms with van der Waals surface area (Å²) >= 11 is 18.1. The van der Waals surface area contributed by atoms with Crippen molar-refractivity contribution in [3.63, 3.8) is 0 Å². The van der Waals surface area contributed by atoms with Gasteiger partial charge in [0.1, 0.15) is 0 Å².